The van der Waals surface area contributed by atoms with Crippen molar-refractivity contribution >= 4 is 39.4 Å². The van der Waals surface area contributed by atoms with E-state index in [4.69, 9.17) is 19.0 Å². The molecule has 4 rings (SSSR count). The summed E-state index contributed by atoms with van der Waals surface area (Å²) in [6.07, 6.45) is 2.99. The van der Waals surface area contributed by atoms with E-state index in [0.29, 0.717) is 22.5 Å². The van der Waals surface area contributed by atoms with Gasteiger partial charge in [-0.3, -0.25) is 4.79 Å². The molecule has 34 heavy (non-hydrogen) atoms. The first-order valence-corrected chi connectivity index (χ1v) is 11.4. The average molecular weight is 481 g/mol. The van der Waals surface area contributed by atoms with Crippen molar-refractivity contribution in [2.75, 3.05) is 12.1 Å². The number of amides is 1. The number of carbonyl (C=O) groups excluding carboxylic acids is 2. The standard InChI is InChI=1S/C23H19N3O7S/c1-14-18(22(27)26(25-14)16-6-8-17(9-7-16)34(24,29)30)12-15-5-10-19(21(13-15)31-2)33-23(28)20-4-3-11-32-20/h3-13H,1-2H3,(H2,24,29,30)/b18-12-. The molecule has 0 unspecified atom stereocenters. The number of esters is 1. The molecule has 0 aliphatic carbocycles. The van der Waals surface area contributed by atoms with E-state index in [0.717, 1.165) is 0 Å². The van der Waals surface area contributed by atoms with Gasteiger partial charge in [-0.1, -0.05) is 6.07 Å². The highest BCUT2D eigenvalue weighted by Crippen LogP contribution is 2.31. The molecule has 1 aliphatic heterocycles. The predicted molar refractivity (Wildman–Crippen MR) is 123 cm³/mol. The molecule has 0 atom stereocenters. The van der Waals surface area contributed by atoms with Gasteiger partial charge in [0.15, 0.2) is 11.5 Å². The van der Waals surface area contributed by atoms with Gasteiger partial charge in [0.25, 0.3) is 5.91 Å². The van der Waals surface area contributed by atoms with Gasteiger partial charge in [0.05, 0.1) is 35.2 Å². The quantitative estimate of drug-likeness (QED) is 0.324. The van der Waals surface area contributed by atoms with Crippen molar-refractivity contribution in [2.45, 2.75) is 11.8 Å². The van der Waals surface area contributed by atoms with Gasteiger partial charge in [0, 0.05) is 0 Å². The summed E-state index contributed by atoms with van der Waals surface area (Å²) in [4.78, 5) is 25.1. The number of rotatable bonds is 6. The number of methoxy groups -OCH3 is 1. The number of hydrogen-bond donors (Lipinski definition) is 1. The lowest BCUT2D eigenvalue weighted by molar-refractivity contribution is -0.114. The Hall–Kier alpha value is -4.22. The van der Waals surface area contributed by atoms with Gasteiger partial charge in [-0.25, -0.2) is 18.4 Å². The minimum atomic E-state index is -3.85. The number of nitrogens with zero attached hydrogens (tertiary/aromatic N) is 2. The number of primary sulfonamides is 1. The summed E-state index contributed by atoms with van der Waals surface area (Å²) >= 11 is 0. The SMILES string of the molecule is COc1cc(/C=C2\C(=O)N(c3ccc(S(N)(=O)=O)cc3)N=C2C)ccc1OC(=O)c1ccco1. The van der Waals surface area contributed by atoms with Gasteiger partial charge in [-0.05, 0) is 67.1 Å². The van der Waals surface area contributed by atoms with Crippen LogP contribution in [-0.2, 0) is 14.8 Å². The van der Waals surface area contributed by atoms with Crippen molar-refractivity contribution in [1.82, 2.24) is 0 Å². The van der Waals surface area contributed by atoms with Crippen LogP contribution in [0.15, 0.2) is 80.8 Å². The summed E-state index contributed by atoms with van der Waals surface area (Å²) in [5, 5.41) is 10.6. The summed E-state index contributed by atoms with van der Waals surface area (Å²) in [5.41, 5.74) is 1.79. The van der Waals surface area contributed by atoms with E-state index in [1.54, 1.807) is 37.3 Å². The molecule has 3 aromatic rings. The van der Waals surface area contributed by atoms with Gasteiger partial charge in [0.2, 0.25) is 15.8 Å². The molecule has 0 fully saturated rings. The lowest BCUT2D eigenvalue weighted by Gasteiger charge is -2.12. The number of sulfonamides is 1. The van der Waals surface area contributed by atoms with E-state index in [-0.39, 0.29) is 22.2 Å². The third kappa shape index (κ3) is 4.60. The fraction of sp³-hybridized carbons (Fsp3) is 0.0870. The van der Waals surface area contributed by atoms with Gasteiger partial charge in [0.1, 0.15) is 0 Å². The molecule has 2 aromatic carbocycles. The first kappa shape index (κ1) is 23.0. The Labute approximate surface area is 194 Å². The van der Waals surface area contributed by atoms with Crippen molar-refractivity contribution in [1.29, 1.82) is 0 Å². The largest absolute Gasteiger partial charge is 0.493 e. The maximum absolute atomic E-state index is 13.0. The predicted octanol–water partition coefficient (Wildman–Crippen LogP) is 2.96. The molecule has 1 amide bonds. The summed E-state index contributed by atoms with van der Waals surface area (Å²) in [7, 11) is -2.42. The van der Waals surface area contributed by atoms with Crippen LogP contribution in [0, 0.1) is 0 Å². The minimum Gasteiger partial charge on any atom is -0.493 e. The summed E-state index contributed by atoms with van der Waals surface area (Å²) < 4.78 is 38.6. The Morgan fingerprint density at radius 3 is 2.47 bits per heavy atom. The monoisotopic (exact) mass is 481 g/mol. The molecule has 0 saturated carbocycles. The number of carbonyl (C=O) groups is 2. The molecular weight excluding hydrogens is 462 g/mol. The van der Waals surface area contributed by atoms with Crippen LogP contribution in [0.25, 0.3) is 6.08 Å². The summed E-state index contributed by atoms with van der Waals surface area (Å²) in [6.45, 7) is 1.68. The van der Waals surface area contributed by atoms with Crippen molar-refractivity contribution in [3.63, 3.8) is 0 Å². The second kappa shape index (κ2) is 8.96. The van der Waals surface area contributed by atoms with E-state index >= 15 is 0 Å². The van der Waals surface area contributed by atoms with Gasteiger partial charge >= 0.3 is 5.97 Å². The lowest BCUT2D eigenvalue weighted by atomic mass is 10.1. The Balaban J connectivity index is 1.57. The molecule has 174 valence electrons. The average Bonchev–Trinajstić information content (AvgIpc) is 3.44. The molecule has 0 bridgehead atoms. The van der Waals surface area contributed by atoms with Crippen molar-refractivity contribution in [3.8, 4) is 11.5 Å². The van der Waals surface area contributed by atoms with Crippen LogP contribution in [0.1, 0.15) is 23.0 Å². The number of hydrazone groups is 1. The van der Waals surface area contributed by atoms with Crippen LogP contribution in [0.5, 0.6) is 11.5 Å². The molecule has 11 heteroatoms. The lowest BCUT2D eigenvalue weighted by Crippen LogP contribution is -2.21. The molecular formula is C23H19N3O7S. The van der Waals surface area contributed by atoms with Crippen LogP contribution in [0.4, 0.5) is 5.69 Å². The molecule has 0 saturated heterocycles. The van der Waals surface area contributed by atoms with Crippen LogP contribution in [-0.4, -0.2) is 33.1 Å². The smallest absolute Gasteiger partial charge is 0.379 e. The highest BCUT2D eigenvalue weighted by atomic mass is 32.2. The van der Waals surface area contributed by atoms with Crippen LogP contribution in [0.2, 0.25) is 0 Å². The van der Waals surface area contributed by atoms with Gasteiger partial charge < -0.3 is 13.9 Å². The third-order valence-corrected chi connectivity index (χ3v) is 5.83. The number of nitrogens with two attached hydrogens (primary N) is 1. The molecule has 2 heterocycles. The van der Waals surface area contributed by atoms with Crippen LogP contribution in [0.3, 0.4) is 0 Å². The molecule has 0 spiro atoms. The van der Waals surface area contributed by atoms with Crippen molar-refractivity contribution in [2.24, 2.45) is 10.2 Å². The highest BCUT2D eigenvalue weighted by molar-refractivity contribution is 7.89. The number of anilines is 1. The highest BCUT2D eigenvalue weighted by Gasteiger charge is 2.29. The zero-order chi connectivity index (χ0) is 24.5. The van der Waals surface area contributed by atoms with Gasteiger partial charge in [-0.15, -0.1) is 0 Å². The van der Waals surface area contributed by atoms with E-state index in [2.05, 4.69) is 5.10 Å². The van der Waals surface area contributed by atoms with Crippen LogP contribution < -0.4 is 19.6 Å². The Morgan fingerprint density at radius 2 is 1.85 bits per heavy atom. The van der Waals surface area contributed by atoms with E-state index in [1.807, 2.05) is 0 Å². The van der Waals surface area contributed by atoms with E-state index in [9.17, 15) is 18.0 Å². The fourth-order valence-corrected chi connectivity index (χ4v) is 3.72. The van der Waals surface area contributed by atoms with Crippen molar-refractivity contribution in [3.05, 3.63) is 77.8 Å². The fourth-order valence-electron chi connectivity index (χ4n) is 3.21. The Bertz CT molecular complexity index is 1420. The minimum absolute atomic E-state index is 0.0498. The number of furan rings is 1. The van der Waals surface area contributed by atoms with E-state index < -0.39 is 21.9 Å². The zero-order valence-corrected chi connectivity index (χ0v) is 18.9. The topological polar surface area (TPSA) is 142 Å². The number of ether oxygens (including phenoxy) is 2. The third-order valence-electron chi connectivity index (χ3n) is 4.90. The molecule has 1 aliphatic rings. The first-order chi connectivity index (χ1) is 16.2. The molecule has 10 nitrogen and oxygen atoms in total. The normalized spacial score (nSPS) is 14.9. The second-order valence-corrected chi connectivity index (χ2v) is 8.74. The van der Waals surface area contributed by atoms with E-state index in [1.165, 1.54) is 48.7 Å². The second-order valence-electron chi connectivity index (χ2n) is 7.18. The molecule has 1 aromatic heterocycles. The van der Waals surface area contributed by atoms with Crippen LogP contribution >= 0.6 is 0 Å². The molecule has 0 radical (unpaired) electrons. The zero-order valence-electron chi connectivity index (χ0n) is 18.1. The maximum atomic E-state index is 13.0. The summed E-state index contributed by atoms with van der Waals surface area (Å²) in [5.74, 6) is -0.551. The first-order valence-electron chi connectivity index (χ1n) is 9.85. The number of hydrogen-bond acceptors (Lipinski definition) is 8. The van der Waals surface area contributed by atoms with Crippen molar-refractivity contribution < 1.29 is 31.9 Å². The molecule has 2 N–H and O–H groups in total. The Morgan fingerprint density at radius 1 is 1.12 bits per heavy atom. The maximum Gasteiger partial charge on any atom is 0.379 e. The Kier molecular flexibility index (Phi) is 6.05. The summed E-state index contributed by atoms with van der Waals surface area (Å²) in [6, 6.07) is 13.4. The number of benzene rings is 2. The van der Waals surface area contributed by atoms with Gasteiger partial charge in [-0.2, -0.15) is 10.1 Å².